The molecule has 0 fully saturated rings. The molecule has 0 aliphatic rings. The van der Waals surface area contributed by atoms with Gasteiger partial charge in [-0.1, -0.05) is 19.6 Å². The Bertz CT molecular complexity index is 1400. The van der Waals surface area contributed by atoms with Gasteiger partial charge in [0, 0.05) is 75.8 Å². The summed E-state index contributed by atoms with van der Waals surface area (Å²) in [5.74, 6) is -2.55. The lowest BCUT2D eigenvalue weighted by Gasteiger charge is -2.15. The van der Waals surface area contributed by atoms with Crippen LogP contribution in [0.3, 0.4) is 0 Å². The van der Waals surface area contributed by atoms with E-state index >= 15 is 0 Å². The first-order chi connectivity index (χ1) is 17.5. The Morgan fingerprint density at radius 3 is 2.57 bits per heavy atom. The van der Waals surface area contributed by atoms with Crippen molar-refractivity contribution in [2.75, 3.05) is 12.3 Å². The number of fused-ring (bicyclic) bond motifs is 1. The summed E-state index contributed by atoms with van der Waals surface area (Å²) in [4.78, 5) is 21.9. The molecule has 0 saturated heterocycles. The van der Waals surface area contributed by atoms with Crippen LogP contribution in [-0.4, -0.2) is 39.6 Å². The molecule has 0 spiro atoms. The van der Waals surface area contributed by atoms with Crippen molar-refractivity contribution < 1.29 is 23.0 Å². The summed E-state index contributed by atoms with van der Waals surface area (Å²) in [5, 5.41) is 0.363. The Morgan fingerprint density at radius 2 is 1.92 bits per heavy atom. The van der Waals surface area contributed by atoms with Crippen LogP contribution in [0.15, 0.2) is 43.1 Å². The lowest BCUT2D eigenvalue weighted by molar-refractivity contribution is 0.0894. The molecule has 0 saturated carbocycles. The van der Waals surface area contributed by atoms with Crippen LogP contribution in [0.2, 0.25) is 25.7 Å². The number of ether oxygens (including phenoxy) is 2. The molecule has 3 heterocycles. The summed E-state index contributed by atoms with van der Waals surface area (Å²) in [6.45, 7) is 7.55. The minimum absolute atomic E-state index is 0.0603. The van der Waals surface area contributed by atoms with Gasteiger partial charge in [0.2, 0.25) is 0 Å². The highest BCUT2D eigenvalue weighted by atomic mass is 28.3. The number of rotatable bonds is 11. The monoisotopic (exact) mass is 527 g/mol. The number of carbonyl (C=O) groups excluding carboxylic acids is 1. The fraction of sp³-hybridized carbons (Fsp3) is 0.346. The maximum Gasteiger partial charge on any atom is 0.198 e. The van der Waals surface area contributed by atoms with E-state index < -0.39 is 25.5 Å². The lowest BCUT2D eigenvalue weighted by Crippen LogP contribution is -2.22. The molecular weight excluding hydrogens is 496 g/mol. The minimum Gasteiger partial charge on any atom is -0.450 e. The molecule has 0 unspecified atom stereocenters. The Morgan fingerprint density at radius 1 is 1.19 bits per heavy atom. The quantitative estimate of drug-likeness (QED) is 0.119. The lowest BCUT2D eigenvalue weighted by atomic mass is 10.1. The smallest absolute Gasteiger partial charge is 0.198 e. The van der Waals surface area contributed by atoms with Gasteiger partial charge in [0.25, 0.3) is 0 Å². The summed E-state index contributed by atoms with van der Waals surface area (Å²) < 4.78 is 44.2. The van der Waals surface area contributed by atoms with E-state index in [-0.39, 0.29) is 30.4 Å². The molecule has 2 N–H and O–H groups in total. The van der Waals surface area contributed by atoms with Crippen molar-refractivity contribution in [3.05, 3.63) is 66.0 Å². The number of nitrogens with zero attached hydrogens (tertiary/aromatic N) is 4. The van der Waals surface area contributed by atoms with E-state index in [1.54, 1.807) is 23.3 Å². The predicted octanol–water partition coefficient (Wildman–Crippen LogP) is 5.55. The van der Waals surface area contributed by atoms with E-state index in [0.717, 1.165) is 23.9 Å². The van der Waals surface area contributed by atoms with Crippen LogP contribution in [0.5, 0.6) is 11.5 Å². The molecule has 37 heavy (non-hydrogen) atoms. The average molecular weight is 528 g/mol. The number of aryl methyl sites for hydroxylation is 2. The fourth-order valence-corrected chi connectivity index (χ4v) is 4.67. The number of ketones is 1. The first kappa shape index (κ1) is 26.5. The number of benzene rings is 1. The molecule has 4 rings (SSSR count). The predicted molar refractivity (Wildman–Crippen MR) is 141 cm³/mol. The van der Waals surface area contributed by atoms with Crippen molar-refractivity contribution in [2.45, 2.75) is 45.3 Å². The van der Waals surface area contributed by atoms with Gasteiger partial charge in [-0.05, 0) is 18.5 Å². The number of imidazole rings is 1. The van der Waals surface area contributed by atoms with Crippen molar-refractivity contribution in [1.82, 2.24) is 19.1 Å². The number of nitrogen functional groups attached to an aromatic ring is 1. The first-order valence-corrected chi connectivity index (χ1v) is 15.7. The molecule has 8 nitrogen and oxygen atoms in total. The van der Waals surface area contributed by atoms with Crippen LogP contribution in [-0.2, 0) is 24.9 Å². The molecule has 3 aromatic heterocycles. The Labute approximate surface area is 215 Å². The van der Waals surface area contributed by atoms with Crippen LogP contribution >= 0.6 is 0 Å². The van der Waals surface area contributed by atoms with Crippen LogP contribution in [0, 0.1) is 11.6 Å². The molecule has 0 amide bonds. The summed E-state index contributed by atoms with van der Waals surface area (Å²) >= 11 is 0. The van der Waals surface area contributed by atoms with Crippen molar-refractivity contribution in [3.63, 3.8) is 0 Å². The molecule has 1 aromatic carbocycles. The van der Waals surface area contributed by atoms with Gasteiger partial charge in [0.15, 0.2) is 23.2 Å². The summed E-state index contributed by atoms with van der Waals surface area (Å²) in [6, 6.07) is 4.43. The van der Waals surface area contributed by atoms with Gasteiger partial charge in [0.05, 0.1) is 11.7 Å². The third-order valence-corrected chi connectivity index (χ3v) is 7.71. The van der Waals surface area contributed by atoms with Gasteiger partial charge >= 0.3 is 0 Å². The Balaban J connectivity index is 1.69. The largest absolute Gasteiger partial charge is 0.450 e. The number of halogens is 2. The van der Waals surface area contributed by atoms with Gasteiger partial charge in [-0.2, -0.15) is 0 Å². The molecule has 0 atom stereocenters. The Kier molecular flexibility index (Phi) is 7.74. The van der Waals surface area contributed by atoms with Crippen LogP contribution in [0.1, 0.15) is 22.5 Å². The molecule has 0 aliphatic heterocycles. The van der Waals surface area contributed by atoms with E-state index in [2.05, 4.69) is 29.6 Å². The zero-order chi connectivity index (χ0) is 26.7. The third kappa shape index (κ3) is 6.23. The van der Waals surface area contributed by atoms with E-state index in [1.165, 1.54) is 12.3 Å². The van der Waals surface area contributed by atoms with Crippen LogP contribution in [0.25, 0.3) is 11.0 Å². The number of nitrogens with two attached hydrogens (primary N) is 1. The number of anilines is 1. The van der Waals surface area contributed by atoms with Gasteiger partial charge < -0.3 is 24.3 Å². The zero-order valence-electron chi connectivity index (χ0n) is 21.4. The third-order valence-electron chi connectivity index (χ3n) is 6.00. The number of pyridine rings is 1. The molecular formula is C26H31F2N5O3Si. The van der Waals surface area contributed by atoms with Gasteiger partial charge in [-0.25, -0.2) is 18.7 Å². The van der Waals surface area contributed by atoms with Crippen molar-refractivity contribution in [2.24, 2.45) is 7.05 Å². The molecule has 4 aromatic rings. The van der Waals surface area contributed by atoms with E-state index in [9.17, 15) is 13.6 Å². The maximum absolute atomic E-state index is 14.5. The Hall–Kier alpha value is -3.57. The number of aromatic nitrogens is 4. The first-order valence-electron chi connectivity index (χ1n) is 12.0. The van der Waals surface area contributed by atoms with E-state index in [0.29, 0.717) is 29.6 Å². The second-order valence-corrected chi connectivity index (χ2v) is 15.8. The minimum atomic E-state index is -1.28. The fourth-order valence-electron chi connectivity index (χ4n) is 3.91. The van der Waals surface area contributed by atoms with Gasteiger partial charge in [-0.3, -0.25) is 4.79 Å². The highest BCUT2D eigenvalue weighted by Gasteiger charge is 2.23. The average Bonchev–Trinajstić information content (AvgIpc) is 3.40. The second kappa shape index (κ2) is 10.8. The molecule has 0 bridgehead atoms. The normalized spacial score (nSPS) is 11.8. The second-order valence-electron chi connectivity index (χ2n) is 10.2. The summed E-state index contributed by atoms with van der Waals surface area (Å²) in [7, 11) is 0.581. The van der Waals surface area contributed by atoms with Crippen molar-refractivity contribution >= 4 is 30.6 Å². The highest BCUT2D eigenvalue weighted by Crippen LogP contribution is 2.36. The highest BCUT2D eigenvalue weighted by molar-refractivity contribution is 6.76. The number of hydrogen-bond acceptors (Lipinski definition) is 6. The summed E-state index contributed by atoms with van der Waals surface area (Å²) in [5.41, 5.74) is 7.15. The van der Waals surface area contributed by atoms with Gasteiger partial charge in [0.1, 0.15) is 18.1 Å². The molecule has 0 radical (unpaired) electrons. The van der Waals surface area contributed by atoms with Crippen molar-refractivity contribution in [1.29, 1.82) is 0 Å². The topological polar surface area (TPSA) is 97.2 Å². The molecule has 0 aliphatic carbocycles. The van der Waals surface area contributed by atoms with Crippen LogP contribution < -0.4 is 10.5 Å². The zero-order valence-corrected chi connectivity index (χ0v) is 22.4. The maximum atomic E-state index is 14.5. The van der Waals surface area contributed by atoms with Gasteiger partial charge in [-0.15, -0.1) is 0 Å². The van der Waals surface area contributed by atoms with Crippen molar-refractivity contribution in [3.8, 4) is 11.5 Å². The van der Waals surface area contributed by atoms with E-state index in [1.807, 2.05) is 11.6 Å². The standard InChI is InChI=1S/C26H31F2N5O3Si/c1-32-15-30-13-18(32)5-6-22(34)19-14-33(16-35-9-10-37(2,3)4)26-24(19)23(7-8-31-26)36-25-20(27)11-17(29)12-21(25)28/h7-8,11-15H,5-6,9-10,16,29H2,1-4H3. The molecule has 196 valence electrons. The molecule has 11 heteroatoms. The number of Topliss-reactive ketones (excluding diaryl/α,β-unsaturated/α-hetero) is 1. The van der Waals surface area contributed by atoms with Crippen LogP contribution in [0.4, 0.5) is 14.5 Å². The SMILES string of the molecule is Cn1cncc1CCC(=O)c1cn(COCC[Si](C)(C)C)c2nccc(Oc3c(F)cc(N)cc3F)c12. The number of hydrogen-bond donors (Lipinski definition) is 1. The summed E-state index contributed by atoms with van der Waals surface area (Å²) in [6.07, 6.45) is 7.20. The van der Waals surface area contributed by atoms with E-state index in [4.69, 9.17) is 15.2 Å². The number of carbonyl (C=O) groups is 1.